The van der Waals surface area contributed by atoms with Crippen molar-refractivity contribution in [3.8, 4) is 0 Å². The van der Waals surface area contributed by atoms with Crippen LogP contribution >= 0.6 is 11.3 Å². The quantitative estimate of drug-likeness (QED) is 0.780. The third-order valence-electron chi connectivity index (χ3n) is 3.42. The lowest BCUT2D eigenvalue weighted by molar-refractivity contribution is 0.227. The lowest BCUT2D eigenvalue weighted by Gasteiger charge is -2.20. The summed E-state index contributed by atoms with van der Waals surface area (Å²) in [7, 11) is 0. The van der Waals surface area contributed by atoms with E-state index in [0.717, 1.165) is 42.6 Å². The van der Waals surface area contributed by atoms with Crippen LogP contribution in [0.2, 0.25) is 0 Å². The van der Waals surface area contributed by atoms with Crippen molar-refractivity contribution >= 4 is 16.3 Å². The van der Waals surface area contributed by atoms with Gasteiger partial charge in [-0.05, 0) is 32.2 Å². The Labute approximate surface area is 111 Å². The predicted octanol–water partition coefficient (Wildman–Crippen LogP) is 2.13. The summed E-state index contributed by atoms with van der Waals surface area (Å²) in [5.41, 5.74) is 1.16. The number of aliphatic hydroxyl groups excluding tert-OH is 1. The monoisotopic (exact) mass is 265 g/mol. The maximum absolute atomic E-state index is 8.86. The molecular formula is C13H19N3OS. The third kappa shape index (κ3) is 2.74. The van der Waals surface area contributed by atoms with Gasteiger partial charge in [-0.2, -0.15) is 0 Å². The van der Waals surface area contributed by atoms with Gasteiger partial charge in [0.05, 0.1) is 5.69 Å². The molecule has 0 radical (unpaired) electrons. The van der Waals surface area contributed by atoms with Gasteiger partial charge in [0.2, 0.25) is 0 Å². The molecule has 18 heavy (non-hydrogen) atoms. The first-order valence-corrected chi connectivity index (χ1v) is 7.51. The largest absolute Gasteiger partial charge is 0.396 e. The Morgan fingerprint density at radius 1 is 1.44 bits per heavy atom. The Hall–Kier alpha value is -0.910. The van der Waals surface area contributed by atoms with Crippen molar-refractivity contribution in [2.24, 2.45) is 0 Å². The molecule has 0 aliphatic heterocycles. The Kier molecular flexibility index (Phi) is 3.63. The van der Waals surface area contributed by atoms with E-state index in [1.807, 2.05) is 0 Å². The van der Waals surface area contributed by atoms with Crippen LogP contribution in [-0.4, -0.2) is 38.6 Å². The lowest BCUT2D eigenvalue weighted by Crippen LogP contribution is -2.27. The van der Waals surface area contributed by atoms with Gasteiger partial charge in [0.1, 0.15) is 0 Å². The number of nitrogens with zero attached hydrogens (tertiary/aromatic N) is 3. The fourth-order valence-corrected chi connectivity index (χ4v) is 3.04. The minimum absolute atomic E-state index is 0.304. The molecule has 0 atom stereocenters. The zero-order chi connectivity index (χ0) is 12.4. The summed E-state index contributed by atoms with van der Waals surface area (Å²) in [6.45, 7) is 2.33. The number of unbranched alkanes of at least 4 members (excludes halogenated alkanes) is 1. The summed E-state index contributed by atoms with van der Waals surface area (Å²) in [5, 5.41) is 10.9. The molecule has 98 valence electrons. The van der Waals surface area contributed by atoms with Crippen LogP contribution in [0.15, 0.2) is 17.8 Å². The molecule has 0 unspecified atom stereocenters. The number of fused-ring (bicyclic) bond motifs is 1. The van der Waals surface area contributed by atoms with E-state index in [0.29, 0.717) is 6.61 Å². The van der Waals surface area contributed by atoms with Crippen molar-refractivity contribution in [3.05, 3.63) is 23.5 Å². The summed E-state index contributed by atoms with van der Waals surface area (Å²) in [6.07, 6.45) is 8.82. The van der Waals surface area contributed by atoms with E-state index in [4.69, 9.17) is 5.11 Å². The van der Waals surface area contributed by atoms with Crippen LogP contribution in [0, 0.1) is 0 Å². The molecule has 2 aromatic rings. The van der Waals surface area contributed by atoms with Gasteiger partial charge in [-0.1, -0.05) is 0 Å². The molecule has 3 rings (SSSR count). The summed E-state index contributed by atoms with van der Waals surface area (Å²) < 4.78 is 2.10. The van der Waals surface area contributed by atoms with Crippen molar-refractivity contribution < 1.29 is 5.11 Å². The summed E-state index contributed by atoms with van der Waals surface area (Å²) in [6, 6.07) is 0.753. The average molecular weight is 265 g/mol. The normalized spacial score (nSPS) is 15.9. The second-order valence-electron chi connectivity index (χ2n) is 4.96. The molecule has 1 aliphatic carbocycles. The van der Waals surface area contributed by atoms with Gasteiger partial charge in [0, 0.05) is 37.0 Å². The Balaban J connectivity index is 1.62. The van der Waals surface area contributed by atoms with E-state index in [1.54, 1.807) is 11.3 Å². The molecule has 0 saturated heterocycles. The van der Waals surface area contributed by atoms with Crippen LogP contribution in [0.3, 0.4) is 0 Å². The number of rotatable bonds is 7. The zero-order valence-corrected chi connectivity index (χ0v) is 11.3. The lowest BCUT2D eigenvalue weighted by atomic mass is 10.3. The van der Waals surface area contributed by atoms with Gasteiger partial charge in [-0.15, -0.1) is 11.3 Å². The molecule has 0 aromatic carbocycles. The standard InChI is InChI=1S/C13H19N3OS/c17-7-2-1-5-15(12-3-4-12)9-11-10-16-6-8-18-13(16)14-11/h6,8,10,12,17H,1-5,7,9H2. The van der Waals surface area contributed by atoms with Gasteiger partial charge in [0.15, 0.2) is 4.96 Å². The van der Waals surface area contributed by atoms with Gasteiger partial charge >= 0.3 is 0 Å². The van der Waals surface area contributed by atoms with Crippen LogP contribution in [0.5, 0.6) is 0 Å². The number of hydrogen-bond acceptors (Lipinski definition) is 4. The second-order valence-corrected chi connectivity index (χ2v) is 5.83. The van der Waals surface area contributed by atoms with Crippen LogP contribution in [0.4, 0.5) is 0 Å². The van der Waals surface area contributed by atoms with Crippen molar-refractivity contribution in [2.75, 3.05) is 13.2 Å². The Bertz CT molecular complexity index is 475. The molecule has 2 heterocycles. The second kappa shape index (κ2) is 5.38. The first-order valence-electron chi connectivity index (χ1n) is 6.63. The molecule has 1 N–H and O–H groups in total. The SMILES string of the molecule is OCCCCN(Cc1cn2ccsc2n1)C1CC1. The first-order chi connectivity index (χ1) is 8.86. The van der Waals surface area contributed by atoms with Gasteiger partial charge < -0.3 is 5.11 Å². The van der Waals surface area contributed by atoms with Crippen molar-refractivity contribution in [1.82, 2.24) is 14.3 Å². The molecule has 1 saturated carbocycles. The fourth-order valence-electron chi connectivity index (χ4n) is 2.32. The third-order valence-corrected chi connectivity index (χ3v) is 4.20. The highest BCUT2D eigenvalue weighted by atomic mass is 32.1. The van der Waals surface area contributed by atoms with Gasteiger partial charge in [-0.3, -0.25) is 9.30 Å². The van der Waals surface area contributed by atoms with E-state index >= 15 is 0 Å². The number of aromatic nitrogens is 2. The van der Waals surface area contributed by atoms with E-state index in [-0.39, 0.29) is 0 Å². The number of aliphatic hydroxyl groups is 1. The Morgan fingerprint density at radius 2 is 2.33 bits per heavy atom. The zero-order valence-electron chi connectivity index (χ0n) is 10.5. The predicted molar refractivity (Wildman–Crippen MR) is 72.8 cm³/mol. The van der Waals surface area contributed by atoms with Crippen molar-refractivity contribution in [2.45, 2.75) is 38.3 Å². The molecule has 0 spiro atoms. The van der Waals surface area contributed by atoms with Gasteiger partial charge in [0.25, 0.3) is 0 Å². The number of hydrogen-bond donors (Lipinski definition) is 1. The highest BCUT2D eigenvalue weighted by molar-refractivity contribution is 7.15. The Morgan fingerprint density at radius 3 is 3.06 bits per heavy atom. The number of imidazole rings is 1. The van der Waals surface area contributed by atoms with Crippen molar-refractivity contribution in [1.29, 1.82) is 0 Å². The molecule has 1 fully saturated rings. The van der Waals surface area contributed by atoms with E-state index < -0.39 is 0 Å². The smallest absolute Gasteiger partial charge is 0.193 e. The minimum atomic E-state index is 0.304. The van der Waals surface area contributed by atoms with E-state index in [1.165, 1.54) is 12.8 Å². The number of thiazole rings is 1. The summed E-state index contributed by atoms with van der Waals surface area (Å²) in [5.74, 6) is 0. The van der Waals surface area contributed by atoms with Crippen molar-refractivity contribution in [3.63, 3.8) is 0 Å². The molecule has 1 aliphatic rings. The van der Waals surface area contributed by atoms with Crippen LogP contribution < -0.4 is 0 Å². The van der Waals surface area contributed by atoms with Gasteiger partial charge in [-0.25, -0.2) is 4.98 Å². The highest BCUT2D eigenvalue weighted by Gasteiger charge is 2.28. The molecule has 5 heteroatoms. The van der Waals surface area contributed by atoms with Crippen LogP contribution in [0.25, 0.3) is 4.96 Å². The fraction of sp³-hybridized carbons (Fsp3) is 0.615. The minimum Gasteiger partial charge on any atom is -0.396 e. The summed E-state index contributed by atoms with van der Waals surface area (Å²) in [4.78, 5) is 8.24. The molecule has 0 bridgehead atoms. The summed E-state index contributed by atoms with van der Waals surface area (Å²) >= 11 is 1.68. The first kappa shape index (κ1) is 12.1. The van der Waals surface area contributed by atoms with E-state index in [2.05, 4.69) is 32.1 Å². The molecule has 0 amide bonds. The van der Waals surface area contributed by atoms with E-state index in [9.17, 15) is 0 Å². The molecule has 2 aromatic heterocycles. The average Bonchev–Trinajstić information content (AvgIpc) is 3.00. The van der Waals surface area contributed by atoms with Crippen LogP contribution in [-0.2, 0) is 6.54 Å². The molecular weight excluding hydrogens is 246 g/mol. The maximum Gasteiger partial charge on any atom is 0.193 e. The van der Waals surface area contributed by atoms with Crippen LogP contribution in [0.1, 0.15) is 31.4 Å². The highest BCUT2D eigenvalue weighted by Crippen LogP contribution is 2.28. The molecule has 4 nitrogen and oxygen atoms in total. The maximum atomic E-state index is 8.86. The topological polar surface area (TPSA) is 40.8 Å².